The van der Waals surface area contributed by atoms with Crippen molar-refractivity contribution in [3.63, 3.8) is 0 Å². The summed E-state index contributed by atoms with van der Waals surface area (Å²) >= 11 is 2.29. The van der Waals surface area contributed by atoms with Gasteiger partial charge in [-0.1, -0.05) is 19.8 Å². The van der Waals surface area contributed by atoms with Gasteiger partial charge in [0.05, 0.1) is 15.3 Å². The zero-order chi connectivity index (χ0) is 12.4. The van der Waals surface area contributed by atoms with Crippen LogP contribution < -0.4 is 5.73 Å². The minimum Gasteiger partial charge on any atom is -0.383 e. The van der Waals surface area contributed by atoms with Crippen LogP contribution in [-0.4, -0.2) is 9.78 Å². The molecule has 0 saturated heterocycles. The van der Waals surface area contributed by atoms with Crippen LogP contribution in [-0.2, 0) is 0 Å². The Morgan fingerprint density at radius 2 is 2.00 bits per heavy atom. The van der Waals surface area contributed by atoms with Crippen molar-refractivity contribution in [3.8, 4) is 0 Å². The smallest absolute Gasteiger partial charge is 0.135 e. The molecule has 17 heavy (non-hydrogen) atoms. The van der Waals surface area contributed by atoms with Crippen molar-refractivity contribution < 1.29 is 0 Å². The summed E-state index contributed by atoms with van der Waals surface area (Å²) in [4.78, 5) is 0. The summed E-state index contributed by atoms with van der Waals surface area (Å²) in [6.45, 7) is 4.32. The Morgan fingerprint density at radius 3 is 2.47 bits per heavy atom. The first-order valence-corrected chi connectivity index (χ1v) is 7.71. The molecule has 0 bridgehead atoms. The molecule has 0 atom stereocenters. The van der Waals surface area contributed by atoms with E-state index in [1.807, 2.05) is 6.92 Å². The van der Waals surface area contributed by atoms with E-state index in [2.05, 4.69) is 39.3 Å². The van der Waals surface area contributed by atoms with Crippen LogP contribution in [0.5, 0.6) is 0 Å². The Labute approximate surface area is 117 Å². The maximum atomic E-state index is 6.12. The first-order valence-electron chi connectivity index (χ1n) is 6.63. The normalized spacial score (nSPS) is 25.1. The molecule has 0 amide bonds. The number of hydrogen-bond acceptors (Lipinski definition) is 2. The summed E-state index contributed by atoms with van der Waals surface area (Å²) < 4.78 is 3.19. The van der Waals surface area contributed by atoms with E-state index < -0.39 is 0 Å². The van der Waals surface area contributed by atoms with E-state index in [-0.39, 0.29) is 0 Å². The van der Waals surface area contributed by atoms with Crippen molar-refractivity contribution in [2.24, 2.45) is 5.92 Å². The van der Waals surface area contributed by atoms with Crippen molar-refractivity contribution >= 4 is 28.4 Å². The minimum atomic E-state index is 0.533. The van der Waals surface area contributed by atoms with Crippen molar-refractivity contribution in [2.45, 2.75) is 58.4 Å². The highest BCUT2D eigenvalue weighted by molar-refractivity contribution is 14.1. The van der Waals surface area contributed by atoms with Gasteiger partial charge in [-0.15, -0.1) is 0 Å². The largest absolute Gasteiger partial charge is 0.383 e. The number of nitrogens with zero attached hydrogens (tertiary/aromatic N) is 2. The lowest BCUT2D eigenvalue weighted by molar-refractivity contribution is 0.252. The maximum Gasteiger partial charge on any atom is 0.135 e. The number of hydrogen-bond donors (Lipinski definition) is 1. The number of nitrogens with two attached hydrogens (primary N) is 1. The molecule has 0 aromatic carbocycles. The average molecular weight is 347 g/mol. The lowest BCUT2D eigenvalue weighted by Crippen LogP contribution is -2.20. The van der Waals surface area contributed by atoms with Crippen LogP contribution in [0.15, 0.2) is 0 Å². The fourth-order valence-corrected chi connectivity index (χ4v) is 3.26. The zero-order valence-electron chi connectivity index (χ0n) is 10.7. The summed E-state index contributed by atoms with van der Waals surface area (Å²) in [5, 5.41) is 4.59. The summed E-state index contributed by atoms with van der Waals surface area (Å²) in [6, 6.07) is 0.533. The molecule has 0 aliphatic heterocycles. The molecule has 1 saturated carbocycles. The van der Waals surface area contributed by atoms with E-state index in [4.69, 9.17) is 5.73 Å². The van der Waals surface area contributed by atoms with Gasteiger partial charge in [0.1, 0.15) is 5.82 Å². The van der Waals surface area contributed by atoms with Gasteiger partial charge in [-0.3, -0.25) is 0 Å². The van der Waals surface area contributed by atoms with Crippen LogP contribution in [0.4, 0.5) is 5.82 Å². The van der Waals surface area contributed by atoms with E-state index in [1.54, 1.807) is 0 Å². The molecule has 1 aromatic rings. The van der Waals surface area contributed by atoms with Gasteiger partial charge in [0.15, 0.2) is 0 Å². The molecule has 3 nitrogen and oxygen atoms in total. The predicted molar refractivity (Wildman–Crippen MR) is 80.0 cm³/mol. The Morgan fingerprint density at radius 1 is 1.35 bits per heavy atom. The van der Waals surface area contributed by atoms with Gasteiger partial charge in [-0.05, 0) is 61.1 Å². The average Bonchev–Trinajstić information content (AvgIpc) is 2.59. The molecule has 1 aliphatic carbocycles. The van der Waals surface area contributed by atoms with Crippen LogP contribution in [0.2, 0.25) is 0 Å². The summed E-state index contributed by atoms with van der Waals surface area (Å²) in [5.41, 5.74) is 7.19. The highest BCUT2D eigenvalue weighted by Crippen LogP contribution is 2.36. The Balaban J connectivity index is 2.03. The Hall–Kier alpha value is -0.260. The lowest BCUT2D eigenvalue weighted by atomic mass is 9.83. The predicted octanol–water partition coefficient (Wildman–Crippen LogP) is 3.91. The highest BCUT2D eigenvalue weighted by Gasteiger charge is 2.24. The molecule has 1 aromatic heterocycles. The molecule has 96 valence electrons. The second-order valence-electron chi connectivity index (χ2n) is 5.19. The SMILES string of the molecule is CCCC1CCC(n2nc(C)c(I)c2N)CC1. The fourth-order valence-electron chi connectivity index (χ4n) is 2.91. The number of rotatable bonds is 3. The van der Waals surface area contributed by atoms with E-state index in [9.17, 15) is 0 Å². The quantitative estimate of drug-likeness (QED) is 0.843. The van der Waals surface area contributed by atoms with Crippen molar-refractivity contribution in [1.29, 1.82) is 0 Å². The number of aromatic nitrogens is 2. The number of aryl methyl sites for hydroxylation is 1. The van der Waals surface area contributed by atoms with Gasteiger partial charge in [-0.25, -0.2) is 4.68 Å². The molecular weight excluding hydrogens is 325 g/mol. The molecule has 0 unspecified atom stereocenters. The van der Waals surface area contributed by atoms with Gasteiger partial charge in [0.2, 0.25) is 0 Å². The Bertz CT molecular complexity index is 378. The monoisotopic (exact) mass is 347 g/mol. The first-order chi connectivity index (χ1) is 8.13. The number of nitrogen functional groups attached to an aromatic ring is 1. The van der Waals surface area contributed by atoms with Gasteiger partial charge in [0.25, 0.3) is 0 Å². The van der Waals surface area contributed by atoms with Crippen LogP contribution in [0.1, 0.15) is 57.2 Å². The van der Waals surface area contributed by atoms with Crippen LogP contribution in [0.3, 0.4) is 0 Å². The molecule has 2 rings (SSSR count). The Kier molecular flexibility index (Phi) is 4.33. The second kappa shape index (κ2) is 5.59. The fraction of sp³-hybridized carbons (Fsp3) is 0.769. The van der Waals surface area contributed by atoms with E-state index in [0.29, 0.717) is 6.04 Å². The van der Waals surface area contributed by atoms with Crippen molar-refractivity contribution in [2.75, 3.05) is 5.73 Å². The summed E-state index contributed by atoms with van der Waals surface area (Å²) in [7, 11) is 0. The molecule has 1 heterocycles. The number of halogens is 1. The summed E-state index contributed by atoms with van der Waals surface area (Å²) in [6.07, 6.45) is 7.87. The van der Waals surface area contributed by atoms with E-state index in [0.717, 1.165) is 21.0 Å². The standard InChI is InChI=1S/C13H22IN3/c1-3-4-10-5-7-11(8-6-10)17-13(15)12(14)9(2)16-17/h10-11H,3-8,15H2,1-2H3. The third-order valence-corrected chi connectivity index (χ3v) is 5.24. The van der Waals surface area contributed by atoms with Gasteiger partial charge >= 0.3 is 0 Å². The minimum absolute atomic E-state index is 0.533. The summed E-state index contributed by atoms with van der Waals surface area (Å²) in [5.74, 6) is 1.80. The molecule has 4 heteroatoms. The second-order valence-corrected chi connectivity index (χ2v) is 6.27. The molecule has 1 fully saturated rings. The zero-order valence-corrected chi connectivity index (χ0v) is 12.9. The molecule has 0 spiro atoms. The third-order valence-electron chi connectivity index (χ3n) is 3.91. The van der Waals surface area contributed by atoms with Crippen molar-refractivity contribution in [1.82, 2.24) is 9.78 Å². The molecule has 1 aliphatic rings. The van der Waals surface area contributed by atoms with E-state index in [1.165, 1.54) is 38.5 Å². The number of anilines is 1. The third kappa shape index (κ3) is 2.77. The van der Waals surface area contributed by atoms with Gasteiger partial charge in [0, 0.05) is 0 Å². The first kappa shape index (κ1) is 13.2. The molecule has 2 N–H and O–H groups in total. The van der Waals surface area contributed by atoms with Gasteiger partial charge < -0.3 is 5.73 Å². The topological polar surface area (TPSA) is 43.8 Å². The van der Waals surface area contributed by atoms with E-state index >= 15 is 0 Å². The van der Waals surface area contributed by atoms with Gasteiger partial charge in [-0.2, -0.15) is 5.10 Å². The van der Waals surface area contributed by atoms with Crippen LogP contribution >= 0.6 is 22.6 Å². The van der Waals surface area contributed by atoms with Crippen LogP contribution in [0.25, 0.3) is 0 Å². The highest BCUT2D eigenvalue weighted by atomic mass is 127. The lowest BCUT2D eigenvalue weighted by Gasteiger charge is -2.29. The molecular formula is C13H22IN3. The maximum absolute atomic E-state index is 6.12. The van der Waals surface area contributed by atoms with Crippen molar-refractivity contribution in [3.05, 3.63) is 9.26 Å². The van der Waals surface area contributed by atoms with Crippen LogP contribution in [0, 0.1) is 16.4 Å². The molecule has 0 radical (unpaired) electrons.